The Morgan fingerprint density at radius 3 is 2.43 bits per heavy atom. The lowest BCUT2D eigenvalue weighted by Crippen LogP contribution is -2.22. The Morgan fingerprint density at radius 1 is 1.14 bits per heavy atom. The van der Waals surface area contributed by atoms with Crippen LogP contribution in [0.4, 0.5) is 0 Å². The molecule has 112 valence electrons. The van der Waals surface area contributed by atoms with Crippen molar-refractivity contribution in [3.05, 3.63) is 59.0 Å². The van der Waals surface area contributed by atoms with Crippen molar-refractivity contribution in [3.63, 3.8) is 0 Å². The van der Waals surface area contributed by atoms with Crippen molar-refractivity contribution < 1.29 is 4.42 Å². The highest BCUT2D eigenvalue weighted by Crippen LogP contribution is 2.36. The Labute approximate surface area is 127 Å². The van der Waals surface area contributed by atoms with Crippen molar-refractivity contribution >= 4 is 0 Å². The van der Waals surface area contributed by atoms with Gasteiger partial charge in [-0.25, -0.2) is 0 Å². The lowest BCUT2D eigenvalue weighted by Gasteiger charge is -2.26. The first-order chi connectivity index (χ1) is 10.3. The zero-order valence-corrected chi connectivity index (χ0v) is 13.1. The molecule has 0 spiro atoms. The van der Waals surface area contributed by atoms with Gasteiger partial charge in [-0.3, -0.25) is 0 Å². The van der Waals surface area contributed by atoms with Gasteiger partial charge in [0.1, 0.15) is 11.5 Å². The fourth-order valence-corrected chi connectivity index (χ4v) is 2.98. The summed E-state index contributed by atoms with van der Waals surface area (Å²) in [5, 5.41) is 3.60. The molecule has 2 nitrogen and oxygen atoms in total. The predicted octanol–water partition coefficient (Wildman–Crippen LogP) is 4.94. The summed E-state index contributed by atoms with van der Waals surface area (Å²) < 4.78 is 5.84. The number of rotatable bonds is 6. The third kappa shape index (κ3) is 3.21. The van der Waals surface area contributed by atoms with Crippen molar-refractivity contribution in [1.82, 2.24) is 5.32 Å². The number of benzene rings is 1. The van der Waals surface area contributed by atoms with E-state index in [2.05, 4.69) is 42.6 Å². The summed E-state index contributed by atoms with van der Waals surface area (Å²) in [6, 6.07) is 13.4. The monoisotopic (exact) mass is 283 g/mol. The Bertz CT molecular complexity index is 566. The number of furan rings is 1. The van der Waals surface area contributed by atoms with E-state index in [4.69, 9.17) is 4.42 Å². The topological polar surface area (TPSA) is 25.2 Å². The number of nitrogens with one attached hydrogen (secondary N) is 1. The molecule has 1 fully saturated rings. The summed E-state index contributed by atoms with van der Waals surface area (Å²) in [5.41, 5.74) is 2.79. The number of aryl methyl sites for hydroxylation is 1. The predicted molar refractivity (Wildman–Crippen MR) is 86.6 cm³/mol. The van der Waals surface area contributed by atoms with Gasteiger partial charge in [0.25, 0.3) is 0 Å². The molecule has 0 amide bonds. The van der Waals surface area contributed by atoms with Crippen LogP contribution in [0.2, 0.25) is 0 Å². The molecule has 1 unspecified atom stereocenters. The van der Waals surface area contributed by atoms with E-state index in [0.717, 1.165) is 30.4 Å². The minimum absolute atomic E-state index is 0.161. The van der Waals surface area contributed by atoms with Gasteiger partial charge in [0.2, 0.25) is 0 Å². The van der Waals surface area contributed by atoms with Crippen LogP contribution in [-0.2, 0) is 0 Å². The standard InChI is InChI=1S/C19H25NO/c1-3-13-20-19(18-12-7-14(2)21-18)17-10-8-16(9-11-17)15-5-4-6-15/h7-12,15,19-20H,3-6,13H2,1-2H3. The molecule has 1 aromatic carbocycles. The molecule has 2 aromatic rings. The van der Waals surface area contributed by atoms with E-state index in [9.17, 15) is 0 Å². The van der Waals surface area contributed by atoms with E-state index in [1.165, 1.54) is 30.4 Å². The van der Waals surface area contributed by atoms with Gasteiger partial charge in [-0.1, -0.05) is 37.6 Å². The van der Waals surface area contributed by atoms with Gasteiger partial charge in [-0.15, -0.1) is 0 Å². The van der Waals surface area contributed by atoms with Crippen molar-refractivity contribution in [2.75, 3.05) is 6.54 Å². The molecule has 0 radical (unpaired) electrons. The van der Waals surface area contributed by atoms with Crippen LogP contribution in [0.1, 0.15) is 67.2 Å². The first-order valence-corrected chi connectivity index (χ1v) is 8.17. The number of hydrogen-bond donors (Lipinski definition) is 1. The highest BCUT2D eigenvalue weighted by Gasteiger charge is 2.21. The molecule has 3 rings (SSSR count). The molecule has 0 aliphatic heterocycles. The van der Waals surface area contributed by atoms with E-state index in [0.29, 0.717) is 0 Å². The fraction of sp³-hybridized carbons (Fsp3) is 0.474. The first kappa shape index (κ1) is 14.4. The molecule has 0 saturated heterocycles. The second-order valence-corrected chi connectivity index (χ2v) is 6.13. The van der Waals surface area contributed by atoms with Crippen molar-refractivity contribution in [2.45, 2.75) is 51.5 Å². The van der Waals surface area contributed by atoms with Gasteiger partial charge in [0.15, 0.2) is 0 Å². The van der Waals surface area contributed by atoms with E-state index in [1.54, 1.807) is 0 Å². The molecule has 2 heteroatoms. The maximum absolute atomic E-state index is 5.84. The quantitative estimate of drug-likeness (QED) is 0.812. The maximum Gasteiger partial charge on any atom is 0.125 e. The van der Waals surface area contributed by atoms with Crippen LogP contribution in [-0.4, -0.2) is 6.54 Å². The Morgan fingerprint density at radius 2 is 1.90 bits per heavy atom. The van der Waals surface area contributed by atoms with E-state index in [-0.39, 0.29) is 6.04 Å². The van der Waals surface area contributed by atoms with E-state index in [1.807, 2.05) is 13.0 Å². The first-order valence-electron chi connectivity index (χ1n) is 8.17. The normalized spacial score (nSPS) is 16.7. The zero-order valence-electron chi connectivity index (χ0n) is 13.1. The highest BCUT2D eigenvalue weighted by atomic mass is 16.3. The molecule has 1 atom stereocenters. The van der Waals surface area contributed by atoms with Crippen LogP contribution in [0, 0.1) is 6.92 Å². The van der Waals surface area contributed by atoms with Gasteiger partial charge in [-0.2, -0.15) is 0 Å². The Hall–Kier alpha value is -1.54. The molecule has 1 saturated carbocycles. The van der Waals surface area contributed by atoms with E-state index >= 15 is 0 Å². The highest BCUT2D eigenvalue weighted by molar-refractivity contribution is 5.32. The van der Waals surface area contributed by atoms with Gasteiger partial charge < -0.3 is 9.73 Å². The fourth-order valence-electron chi connectivity index (χ4n) is 2.98. The van der Waals surface area contributed by atoms with Crippen LogP contribution in [0.15, 0.2) is 40.8 Å². The SMILES string of the molecule is CCCNC(c1ccc(C2CCC2)cc1)c1ccc(C)o1. The maximum atomic E-state index is 5.84. The summed E-state index contributed by atoms with van der Waals surface area (Å²) in [5.74, 6) is 2.78. The molecule has 1 N–H and O–H groups in total. The minimum atomic E-state index is 0.161. The average Bonchev–Trinajstić information content (AvgIpc) is 2.85. The molecular formula is C19H25NO. The molecule has 1 aromatic heterocycles. The van der Waals surface area contributed by atoms with Gasteiger partial charge in [-0.05, 0) is 61.9 Å². The van der Waals surface area contributed by atoms with Gasteiger partial charge in [0.05, 0.1) is 6.04 Å². The molecule has 0 bridgehead atoms. The van der Waals surface area contributed by atoms with Crippen molar-refractivity contribution in [1.29, 1.82) is 0 Å². The number of hydrogen-bond acceptors (Lipinski definition) is 2. The van der Waals surface area contributed by atoms with Gasteiger partial charge in [0, 0.05) is 0 Å². The smallest absolute Gasteiger partial charge is 0.125 e. The largest absolute Gasteiger partial charge is 0.464 e. The third-order valence-electron chi connectivity index (χ3n) is 4.49. The summed E-state index contributed by atoms with van der Waals surface area (Å²) in [7, 11) is 0. The second-order valence-electron chi connectivity index (χ2n) is 6.13. The van der Waals surface area contributed by atoms with Crippen molar-refractivity contribution in [3.8, 4) is 0 Å². The Balaban J connectivity index is 1.81. The third-order valence-corrected chi connectivity index (χ3v) is 4.49. The van der Waals surface area contributed by atoms with Crippen LogP contribution in [0.25, 0.3) is 0 Å². The Kier molecular flexibility index (Phi) is 4.45. The van der Waals surface area contributed by atoms with Crippen LogP contribution < -0.4 is 5.32 Å². The molecule has 21 heavy (non-hydrogen) atoms. The summed E-state index contributed by atoms with van der Waals surface area (Å²) in [6.45, 7) is 5.19. The molecular weight excluding hydrogens is 258 g/mol. The van der Waals surface area contributed by atoms with Crippen LogP contribution in [0.3, 0.4) is 0 Å². The van der Waals surface area contributed by atoms with Crippen LogP contribution in [0.5, 0.6) is 0 Å². The summed E-state index contributed by atoms with van der Waals surface area (Å²) in [4.78, 5) is 0. The lowest BCUT2D eigenvalue weighted by atomic mass is 9.80. The molecule has 1 aliphatic carbocycles. The van der Waals surface area contributed by atoms with Gasteiger partial charge >= 0.3 is 0 Å². The lowest BCUT2D eigenvalue weighted by molar-refractivity contribution is 0.418. The molecule has 1 heterocycles. The summed E-state index contributed by atoms with van der Waals surface area (Å²) in [6.07, 6.45) is 5.22. The summed E-state index contributed by atoms with van der Waals surface area (Å²) >= 11 is 0. The molecule has 1 aliphatic rings. The van der Waals surface area contributed by atoms with E-state index < -0.39 is 0 Å². The average molecular weight is 283 g/mol. The second kappa shape index (κ2) is 6.48. The minimum Gasteiger partial charge on any atom is -0.464 e. The zero-order chi connectivity index (χ0) is 14.7. The van der Waals surface area contributed by atoms with Crippen molar-refractivity contribution in [2.24, 2.45) is 0 Å². The van der Waals surface area contributed by atoms with Crippen LogP contribution >= 0.6 is 0 Å².